The van der Waals surface area contributed by atoms with E-state index in [4.69, 9.17) is 9.47 Å². The quantitative estimate of drug-likeness (QED) is 0.706. The van der Waals surface area contributed by atoms with E-state index in [-0.39, 0.29) is 17.3 Å². The maximum atomic E-state index is 12.3. The number of hydrogen-bond donors (Lipinski definition) is 1. The Morgan fingerprint density at radius 3 is 2.44 bits per heavy atom. The van der Waals surface area contributed by atoms with Crippen LogP contribution in [0.2, 0.25) is 0 Å². The zero-order valence-electron chi connectivity index (χ0n) is 15.6. The molecule has 8 heteroatoms. The summed E-state index contributed by atoms with van der Waals surface area (Å²) >= 11 is 0. The lowest BCUT2D eigenvalue weighted by Gasteiger charge is -2.18. The highest BCUT2D eigenvalue weighted by atomic mass is 32.2. The summed E-state index contributed by atoms with van der Waals surface area (Å²) in [4.78, 5) is 13.8. The normalized spacial score (nSPS) is 11.1. The standard InChI is InChI=1S/C19H24N2O5S/c1-4-26-16-8-10-18(11-9-16)27(23,24)20-13-19(22)21(2)14-15-6-5-7-17(12-15)25-3/h5-12,20H,4,13-14H2,1-3H3. The zero-order chi connectivity index (χ0) is 19.9. The smallest absolute Gasteiger partial charge is 0.241 e. The number of nitrogens with zero attached hydrogens (tertiary/aromatic N) is 1. The number of amides is 1. The molecule has 0 aliphatic heterocycles. The number of methoxy groups -OCH3 is 1. The van der Waals surface area contributed by atoms with Gasteiger partial charge >= 0.3 is 0 Å². The molecule has 0 atom stereocenters. The second kappa shape index (κ2) is 9.38. The Morgan fingerprint density at radius 2 is 1.81 bits per heavy atom. The molecule has 2 aromatic rings. The van der Waals surface area contributed by atoms with Crippen LogP contribution in [0.3, 0.4) is 0 Å². The van der Waals surface area contributed by atoms with Gasteiger partial charge in [-0.05, 0) is 48.9 Å². The summed E-state index contributed by atoms with van der Waals surface area (Å²) in [5, 5.41) is 0. The summed E-state index contributed by atoms with van der Waals surface area (Å²) in [5.74, 6) is 0.947. The summed E-state index contributed by atoms with van der Waals surface area (Å²) in [5.41, 5.74) is 0.888. The summed E-state index contributed by atoms with van der Waals surface area (Å²) < 4.78 is 37.4. The van der Waals surface area contributed by atoms with Crippen molar-refractivity contribution in [3.05, 3.63) is 54.1 Å². The van der Waals surface area contributed by atoms with Crippen LogP contribution in [0.1, 0.15) is 12.5 Å². The van der Waals surface area contributed by atoms with Gasteiger partial charge in [-0.1, -0.05) is 12.1 Å². The van der Waals surface area contributed by atoms with Gasteiger partial charge in [0.05, 0.1) is 25.2 Å². The fourth-order valence-corrected chi connectivity index (χ4v) is 3.36. The van der Waals surface area contributed by atoms with Gasteiger partial charge in [0, 0.05) is 13.6 Å². The Labute approximate surface area is 160 Å². The predicted molar refractivity (Wildman–Crippen MR) is 102 cm³/mol. The topological polar surface area (TPSA) is 84.9 Å². The minimum Gasteiger partial charge on any atom is -0.497 e. The molecular weight excluding hydrogens is 368 g/mol. The van der Waals surface area contributed by atoms with Gasteiger partial charge in [0.25, 0.3) is 0 Å². The van der Waals surface area contributed by atoms with Crippen LogP contribution in [0, 0.1) is 0 Å². The first-order valence-electron chi connectivity index (χ1n) is 8.45. The maximum absolute atomic E-state index is 12.3. The van der Waals surface area contributed by atoms with Crippen LogP contribution in [0.25, 0.3) is 0 Å². The molecule has 0 saturated carbocycles. The van der Waals surface area contributed by atoms with Gasteiger partial charge in [0.2, 0.25) is 15.9 Å². The van der Waals surface area contributed by atoms with Gasteiger partial charge in [-0.2, -0.15) is 0 Å². The molecule has 146 valence electrons. The lowest BCUT2D eigenvalue weighted by molar-refractivity contribution is -0.129. The van der Waals surface area contributed by atoms with Crippen molar-refractivity contribution in [3.8, 4) is 11.5 Å². The molecule has 0 aliphatic carbocycles. The third-order valence-corrected chi connectivity index (χ3v) is 5.26. The first-order valence-corrected chi connectivity index (χ1v) is 9.93. The van der Waals surface area contributed by atoms with Crippen LogP contribution in [-0.4, -0.2) is 46.5 Å². The highest BCUT2D eigenvalue weighted by Gasteiger charge is 2.17. The Kier molecular flexibility index (Phi) is 7.20. The number of likely N-dealkylation sites (N-methyl/N-ethyl adjacent to an activating group) is 1. The van der Waals surface area contributed by atoms with E-state index in [0.29, 0.717) is 24.7 Å². The number of benzene rings is 2. The van der Waals surface area contributed by atoms with Crippen molar-refractivity contribution in [2.45, 2.75) is 18.4 Å². The zero-order valence-corrected chi connectivity index (χ0v) is 16.5. The van der Waals surface area contributed by atoms with Crippen LogP contribution in [-0.2, 0) is 21.4 Å². The molecule has 0 fully saturated rings. The van der Waals surface area contributed by atoms with E-state index in [1.807, 2.05) is 31.2 Å². The average Bonchev–Trinajstić information content (AvgIpc) is 2.67. The molecular formula is C19H24N2O5S. The maximum Gasteiger partial charge on any atom is 0.241 e. The lowest BCUT2D eigenvalue weighted by Crippen LogP contribution is -2.37. The number of sulfonamides is 1. The van der Waals surface area contributed by atoms with Gasteiger partial charge in [0.1, 0.15) is 11.5 Å². The molecule has 0 radical (unpaired) electrons. The second-order valence-electron chi connectivity index (χ2n) is 5.83. The van der Waals surface area contributed by atoms with Crippen LogP contribution in [0.15, 0.2) is 53.4 Å². The van der Waals surface area contributed by atoms with Crippen molar-refractivity contribution in [1.82, 2.24) is 9.62 Å². The van der Waals surface area contributed by atoms with Gasteiger partial charge in [-0.25, -0.2) is 13.1 Å². The van der Waals surface area contributed by atoms with E-state index >= 15 is 0 Å². The number of nitrogens with one attached hydrogen (secondary N) is 1. The van der Waals surface area contributed by atoms with Crippen molar-refractivity contribution < 1.29 is 22.7 Å². The van der Waals surface area contributed by atoms with E-state index in [2.05, 4.69) is 4.72 Å². The number of rotatable bonds is 9. The molecule has 1 N–H and O–H groups in total. The first-order chi connectivity index (χ1) is 12.9. The van der Waals surface area contributed by atoms with Crippen LogP contribution in [0.5, 0.6) is 11.5 Å². The van der Waals surface area contributed by atoms with Crippen molar-refractivity contribution in [3.63, 3.8) is 0 Å². The van der Waals surface area contributed by atoms with E-state index in [9.17, 15) is 13.2 Å². The van der Waals surface area contributed by atoms with E-state index in [1.54, 1.807) is 26.3 Å². The fourth-order valence-electron chi connectivity index (χ4n) is 2.39. The molecule has 2 aromatic carbocycles. The van der Waals surface area contributed by atoms with Gasteiger partial charge in [-0.3, -0.25) is 4.79 Å². The van der Waals surface area contributed by atoms with Gasteiger partial charge in [0.15, 0.2) is 0 Å². The van der Waals surface area contributed by atoms with Crippen LogP contribution >= 0.6 is 0 Å². The Morgan fingerprint density at radius 1 is 1.11 bits per heavy atom. The van der Waals surface area contributed by atoms with Crippen molar-refractivity contribution in [1.29, 1.82) is 0 Å². The number of carbonyl (C=O) groups excluding carboxylic acids is 1. The van der Waals surface area contributed by atoms with Crippen molar-refractivity contribution in [2.75, 3.05) is 27.3 Å². The number of carbonyl (C=O) groups is 1. The Balaban J connectivity index is 1.94. The highest BCUT2D eigenvalue weighted by molar-refractivity contribution is 7.89. The van der Waals surface area contributed by atoms with E-state index in [1.165, 1.54) is 17.0 Å². The second-order valence-corrected chi connectivity index (χ2v) is 7.60. The lowest BCUT2D eigenvalue weighted by atomic mass is 10.2. The third-order valence-electron chi connectivity index (χ3n) is 3.84. The molecule has 0 saturated heterocycles. The van der Waals surface area contributed by atoms with Crippen LogP contribution in [0.4, 0.5) is 0 Å². The van der Waals surface area contributed by atoms with Crippen molar-refractivity contribution >= 4 is 15.9 Å². The van der Waals surface area contributed by atoms with E-state index < -0.39 is 10.0 Å². The molecule has 0 heterocycles. The SMILES string of the molecule is CCOc1ccc(S(=O)(=O)NCC(=O)N(C)Cc2cccc(OC)c2)cc1. The van der Waals surface area contributed by atoms with Crippen molar-refractivity contribution in [2.24, 2.45) is 0 Å². The summed E-state index contributed by atoms with van der Waals surface area (Å²) in [6.07, 6.45) is 0. The first kappa shape index (κ1) is 20.7. The summed E-state index contributed by atoms with van der Waals surface area (Å²) in [6, 6.07) is 13.4. The third kappa shape index (κ3) is 5.97. The molecule has 7 nitrogen and oxygen atoms in total. The Bertz CT molecular complexity index is 866. The average molecular weight is 392 g/mol. The molecule has 0 bridgehead atoms. The molecule has 0 aromatic heterocycles. The largest absolute Gasteiger partial charge is 0.497 e. The minimum atomic E-state index is -3.78. The number of hydrogen-bond acceptors (Lipinski definition) is 5. The molecule has 2 rings (SSSR count). The monoisotopic (exact) mass is 392 g/mol. The minimum absolute atomic E-state index is 0.0780. The van der Waals surface area contributed by atoms with Gasteiger partial charge in [-0.15, -0.1) is 0 Å². The molecule has 0 unspecified atom stereocenters. The molecule has 27 heavy (non-hydrogen) atoms. The predicted octanol–water partition coefficient (Wildman–Crippen LogP) is 2.03. The highest BCUT2D eigenvalue weighted by Crippen LogP contribution is 2.16. The molecule has 1 amide bonds. The molecule has 0 aliphatic rings. The number of ether oxygens (including phenoxy) is 2. The Hall–Kier alpha value is -2.58. The summed E-state index contributed by atoms with van der Waals surface area (Å²) in [7, 11) is -0.586. The summed E-state index contributed by atoms with van der Waals surface area (Å²) in [6.45, 7) is 2.37. The fraction of sp³-hybridized carbons (Fsp3) is 0.316. The molecule has 0 spiro atoms. The van der Waals surface area contributed by atoms with E-state index in [0.717, 1.165) is 5.56 Å². The van der Waals surface area contributed by atoms with Gasteiger partial charge < -0.3 is 14.4 Å². The van der Waals surface area contributed by atoms with Crippen LogP contribution < -0.4 is 14.2 Å².